The molecule has 0 fully saturated rings. The van der Waals surface area contributed by atoms with E-state index in [4.69, 9.17) is 16.4 Å². The molecular formula is C10H6F5N5. The van der Waals surface area contributed by atoms with E-state index >= 15 is 0 Å². The van der Waals surface area contributed by atoms with Gasteiger partial charge >= 0.3 is 6.18 Å². The third-order valence-corrected chi connectivity index (χ3v) is 1.98. The number of hydrazone groups is 1. The molecule has 0 unspecified atom stereocenters. The number of hydrogen-bond donors (Lipinski definition) is 3. The molecule has 5 nitrogen and oxygen atoms in total. The van der Waals surface area contributed by atoms with Crippen LogP contribution in [0, 0.1) is 28.4 Å². The van der Waals surface area contributed by atoms with Crippen LogP contribution < -0.4 is 11.2 Å². The minimum absolute atomic E-state index is 0.352. The molecule has 0 spiro atoms. The van der Waals surface area contributed by atoms with E-state index in [1.807, 2.05) is 5.43 Å². The number of alkyl halides is 3. The van der Waals surface area contributed by atoms with Gasteiger partial charge in [-0.2, -0.15) is 23.5 Å². The number of rotatable bonds is 3. The zero-order chi connectivity index (χ0) is 15.5. The van der Waals surface area contributed by atoms with E-state index in [9.17, 15) is 22.0 Å². The third-order valence-electron chi connectivity index (χ3n) is 1.98. The van der Waals surface area contributed by atoms with Gasteiger partial charge in [0.05, 0.1) is 5.69 Å². The number of nitriles is 1. The Labute approximate surface area is 109 Å². The van der Waals surface area contributed by atoms with Gasteiger partial charge in [0.25, 0.3) is 0 Å². The highest BCUT2D eigenvalue weighted by Gasteiger charge is 2.37. The average Bonchev–Trinajstić information content (AvgIpc) is 2.26. The monoisotopic (exact) mass is 291 g/mol. The standard InChI is InChI=1S/C10H6F5N5/c11-5-1-4(19-20-7(3-16)9(17)18)2-6(12)8(5)10(13,14)15/h1-2,19H,(H3,17,18)/b20-7+. The molecule has 0 aromatic heterocycles. The second-order valence-electron chi connectivity index (χ2n) is 3.41. The lowest BCUT2D eigenvalue weighted by Crippen LogP contribution is -2.22. The maximum atomic E-state index is 13.2. The molecule has 0 aliphatic rings. The summed E-state index contributed by atoms with van der Waals surface area (Å²) in [5.41, 5.74) is 3.79. The summed E-state index contributed by atoms with van der Waals surface area (Å²) in [6.45, 7) is 0. The highest BCUT2D eigenvalue weighted by Crippen LogP contribution is 2.34. The number of halogens is 5. The van der Waals surface area contributed by atoms with Crippen LogP contribution in [0.25, 0.3) is 0 Å². The molecular weight excluding hydrogens is 285 g/mol. The fourth-order valence-electron chi connectivity index (χ4n) is 1.17. The smallest absolute Gasteiger partial charge is 0.382 e. The van der Waals surface area contributed by atoms with Gasteiger partial charge < -0.3 is 5.73 Å². The molecule has 0 atom stereocenters. The number of amidine groups is 1. The van der Waals surface area contributed by atoms with Crippen molar-refractivity contribution in [2.24, 2.45) is 10.8 Å². The van der Waals surface area contributed by atoms with E-state index in [-0.39, 0.29) is 0 Å². The van der Waals surface area contributed by atoms with Crippen molar-refractivity contribution in [3.05, 3.63) is 29.3 Å². The van der Waals surface area contributed by atoms with Gasteiger partial charge in [0.15, 0.2) is 5.84 Å². The van der Waals surface area contributed by atoms with Crippen LogP contribution in [0.15, 0.2) is 17.2 Å². The number of hydrogen-bond acceptors (Lipinski definition) is 4. The highest BCUT2D eigenvalue weighted by atomic mass is 19.4. The Kier molecular flexibility index (Phi) is 4.24. The van der Waals surface area contributed by atoms with Gasteiger partial charge in [-0.05, 0) is 12.1 Å². The molecule has 0 saturated carbocycles. The Morgan fingerprint density at radius 3 is 2.15 bits per heavy atom. The molecule has 1 rings (SSSR count). The summed E-state index contributed by atoms with van der Waals surface area (Å²) < 4.78 is 63.3. The fraction of sp³-hybridized carbons (Fsp3) is 0.100. The van der Waals surface area contributed by atoms with E-state index in [2.05, 4.69) is 5.10 Å². The zero-order valence-corrected chi connectivity index (χ0v) is 9.52. The Hall–Kier alpha value is -2.70. The van der Waals surface area contributed by atoms with Crippen LogP contribution in [0.5, 0.6) is 0 Å². The van der Waals surface area contributed by atoms with E-state index in [1.54, 1.807) is 0 Å². The summed E-state index contributed by atoms with van der Waals surface area (Å²) in [6, 6.07) is 2.11. The molecule has 0 aliphatic heterocycles. The molecule has 20 heavy (non-hydrogen) atoms. The maximum Gasteiger partial charge on any atom is 0.422 e. The molecule has 1 aromatic carbocycles. The fourth-order valence-corrected chi connectivity index (χ4v) is 1.17. The number of nitrogens with one attached hydrogen (secondary N) is 2. The van der Waals surface area contributed by atoms with Gasteiger partial charge in [0.1, 0.15) is 23.3 Å². The first kappa shape index (κ1) is 15.4. The van der Waals surface area contributed by atoms with Crippen LogP contribution in [0.4, 0.5) is 27.6 Å². The van der Waals surface area contributed by atoms with Gasteiger partial charge in [-0.15, -0.1) is 0 Å². The van der Waals surface area contributed by atoms with Crippen molar-refractivity contribution >= 4 is 17.2 Å². The van der Waals surface area contributed by atoms with E-state index in [0.29, 0.717) is 12.1 Å². The molecule has 10 heteroatoms. The SMILES string of the molecule is N#C/C(=N\Nc1cc(F)c(C(F)(F)F)c(F)c1)C(=N)N. The molecule has 0 heterocycles. The highest BCUT2D eigenvalue weighted by molar-refractivity contribution is 6.45. The van der Waals surface area contributed by atoms with Crippen molar-refractivity contribution in [3.63, 3.8) is 0 Å². The number of nitrogens with zero attached hydrogens (tertiary/aromatic N) is 2. The number of anilines is 1. The lowest BCUT2D eigenvalue weighted by molar-refractivity contribution is -0.142. The Morgan fingerprint density at radius 2 is 1.80 bits per heavy atom. The topological polar surface area (TPSA) is 98.0 Å². The number of benzene rings is 1. The lowest BCUT2D eigenvalue weighted by Gasteiger charge is -2.10. The van der Waals surface area contributed by atoms with Crippen LogP contribution in [0.2, 0.25) is 0 Å². The molecule has 106 valence electrons. The molecule has 0 amide bonds. The third kappa shape index (κ3) is 3.41. The molecule has 0 bridgehead atoms. The van der Waals surface area contributed by atoms with Gasteiger partial charge in [-0.3, -0.25) is 10.8 Å². The van der Waals surface area contributed by atoms with Gasteiger partial charge in [0.2, 0.25) is 5.71 Å². The first-order valence-corrected chi connectivity index (χ1v) is 4.81. The minimum Gasteiger partial charge on any atom is -0.382 e. The zero-order valence-electron chi connectivity index (χ0n) is 9.52. The van der Waals surface area contributed by atoms with Crippen LogP contribution >= 0.6 is 0 Å². The molecule has 1 aromatic rings. The van der Waals surface area contributed by atoms with Crippen LogP contribution in [0.3, 0.4) is 0 Å². The van der Waals surface area contributed by atoms with Gasteiger partial charge in [-0.25, -0.2) is 8.78 Å². The number of nitrogens with two attached hydrogens (primary N) is 1. The Bertz CT molecular complexity index is 590. The Balaban J connectivity index is 3.14. The van der Waals surface area contributed by atoms with Crippen LogP contribution in [0.1, 0.15) is 5.56 Å². The second-order valence-corrected chi connectivity index (χ2v) is 3.41. The summed E-state index contributed by atoms with van der Waals surface area (Å²) >= 11 is 0. The molecule has 0 saturated heterocycles. The second kappa shape index (κ2) is 5.52. The van der Waals surface area contributed by atoms with E-state index < -0.39 is 40.6 Å². The Morgan fingerprint density at radius 1 is 1.30 bits per heavy atom. The van der Waals surface area contributed by atoms with E-state index in [0.717, 1.165) is 0 Å². The van der Waals surface area contributed by atoms with Crippen LogP contribution in [-0.2, 0) is 6.18 Å². The van der Waals surface area contributed by atoms with E-state index in [1.165, 1.54) is 6.07 Å². The van der Waals surface area contributed by atoms with Crippen molar-refractivity contribution in [1.82, 2.24) is 0 Å². The first-order valence-electron chi connectivity index (χ1n) is 4.81. The minimum atomic E-state index is -5.17. The van der Waals surface area contributed by atoms with Crippen molar-refractivity contribution in [2.45, 2.75) is 6.18 Å². The normalized spacial score (nSPS) is 11.9. The largest absolute Gasteiger partial charge is 0.422 e. The van der Waals surface area contributed by atoms with Crippen molar-refractivity contribution in [1.29, 1.82) is 10.7 Å². The predicted molar refractivity (Wildman–Crippen MR) is 59.9 cm³/mol. The van der Waals surface area contributed by atoms with Gasteiger partial charge in [-0.1, -0.05) is 0 Å². The van der Waals surface area contributed by atoms with Crippen LogP contribution in [-0.4, -0.2) is 11.5 Å². The summed E-state index contributed by atoms with van der Waals surface area (Å²) in [7, 11) is 0. The van der Waals surface area contributed by atoms with Gasteiger partial charge in [0, 0.05) is 0 Å². The summed E-state index contributed by atoms with van der Waals surface area (Å²) in [5.74, 6) is -4.39. The lowest BCUT2D eigenvalue weighted by atomic mass is 10.1. The molecule has 0 aliphatic carbocycles. The average molecular weight is 291 g/mol. The quantitative estimate of drug-likeness (QED) is 0.344. The first-order chi connectivity index (χ1) is 9.16. The molecule has 4 N–H and O–H groups in total. The summed E-state index contributed by atoms with van der Waals surface area (Å²) in [4.78, 5) is 0. The predicted octanol–water partition coefficient (Wildman–Crippen LogP) is 2.21. The van der Waals surface area contributed by atoms with Crippen molar-refractivity contribution < 1.29 is 22.0 Å². The summed E-state index contributed by atoms with van der Waals surface area (Å²) in [6.07, 6.45) is -5.17. The molecule has 0 radical (unpaired) electrons. The summed E-state index contributed by atoms with van der Waals surface area (Å²) in [5, 5.41) is 18.6. The van der Waals surface area contributed by atoms with Crippen molar-refractivity contribution in [2.75, 3.05) is 5.43 Å². The van der Waals surface area contributed by atoms with Crippen molar-refractivity contribution in [3.8, 4) is 6.07 Å². The maximum absolute atomic E-state index is 13.2.